The van der Waals surface area contributed by atoms with E-state index in [1.54, 1.807) is 19.2 Å². The van der Waals surface area contributed by atoms with Gasteiger partial charge < -0.3 is 21.1 Å². The number of hydrogen-bond donors (Lipinski definition) is 7. The van der Waals surface area contributed by atoms with E-state index in [0.29, 0.717) is 17.6 Å². The Hall–Kier alpha value is -5.46. The van der Waals surface area contributed by atoms with Gasteiger partial charge in [0.1, 0.15) is 32.6 Å². The molecule has 0 saturated heterocycles. The molecular weight excluding hydrogens is 913 g/mol. The molecule has 0 bridgehead atoms. The van der Waals surface area contributed by atoms with Crippen LogP contribution in [0.4, 0.5) is 34.6 Å². The molecule has 0 spiro atoms. The minimum absolute atomic E-state index is 0.00256. The molecule has 316 valence electrons. The number of alkyl halides is 1. The lowest BCUT2D eigenvalue weighted by atomic mass is 10.1. The molecule has 2 heterocycles. The van der Waals surface area contributed by atoms with Crippen LogP contribution in [0.3, 0.4) is 0 Å². The molecule has 21 nitrogen and oxygen atoms in total. The Balaban J connectivity index is 0.000000631. The van der Waals surface area contributed by atoms with Gasteiger partial charge in [0.05, 0.1) is 17.2 Å². The number of likely N-dealkylation sites (N-methyl/N-ethyl adjacent to an activating group) is 1. The molecule has 0 saturated carbocycles. The molecule has 0 aliphatic carbocycles. The van der Waals surface area contributed by atoms with Crippen molar-refractivity contribution in [1.82, 2.24) is 30.2 Å². The van der Waals surface area contributed by atoms with E-state index in [0.717, 1.165) is 18.2 Å². The van der Waals surface area contributed by atoms with E-state index >= 15 is 0 Å². The Kier molecular flexibility index (Phi) is 15.5. The summed E-state index contributed by atoms with van der Waals surface area (Å²) < 4.78 is 104. The number of rotatable bonds is 11. The maximum atomic E-state index is 12.5. The first-order chi connectivity index (χ1) is 28.2. The normalized spacial score (nSPS) is 12.2. The molecule has 1 unspecified atom stereocenters. The van der Waals surface area contributed by atoms with E-state index in [4.69, 9.17) is 29.8 Å². The molecule has 1 atom stereocenters. The summed E-state index contributed by atoms with van der Waals surface area (Å²) in [4.78, 5) is 19.8. The number of aromatic nitrogens is 5. The van der Waals surface area contributed by atoms with Gasteiger partial charge >= 0.3 is 0 Å². The highest BCUT2D eigenvalue weighted by Crippen LogP contribution is 2.46. The number of nitrogens with zero attached hydrogens (tertiary/aromatic N) is 8. The van der Waals surface area contributed by atoms with Crippen LogP contribution in [0.2, 0.25) is 10.4 Å². The molecule has 6 aromatic rings. The fourth-order valence-electron chi connectivity index (χ4n) is 5.02. The van der Waals surface area contributed by atoms with Crippen LogP contribution in [0.5, 0.6) is 5.75 Å². The zero-order chi connectivity index (χ0) is 44.6. The predicted octanol–water partition coefficient (Wildman–Crippen LogP) is 6.99. The largest absolute Gasteiger partial charge is 0.505 e. The number of phenols is 1. The van der Waals surface area contributed by atoms with E-state index < -0.39 is 62.2 Å². The van der Waals surface area contributed by atoms with Gasteiger partial charge in [-0.05, 0) is 60.6 Å². The molecule has 0 radical (unpaired) electrons. The smallest absolute Gasteiger partial charge is 0.297 e. The van der Waals surface area contributed by atoms with Crippen LogP contribution >= 0.6 is 34.8 Å². The Morgan fingerprint density at radius 3 is 2.15 bits per heavy atom. The zero-order valence-electron chi connectivity index (χ0n) is 30.8. The Morgan fingerprint density at radius 1 is 0.867 bits per heavy atom. The molecule has 0 aliphatic heterocycles. The molecule has 6 rings (SSSR count). The van der Waals surface area contributed by atoms with E-state index in [1.165, 1.54) is 43.2 Å². The molecule has 4 aromatic carbocycles. The van der Waals surface area contributed by atoms with Gasteiger partial charge in [-0.15, -0.1) is 21.8 Å². The monoisotopic (exact) mass is 941 g/mol. The summed E-state index contributed by atoms with van der Waals surface area (Å²) in [7, 11) is -13.4. The SMILES string of the molecule is CCl.CNC(C)CNc1nc(Cl)nc(Nc2cc(S(=O)(=O)O)cc3cc(S(=O)(=O)O)c(N=Nc4ccc5ccccc5c4S(=O)(=O)O)c(O)c23)n1.[C-]#[N+]c1cncnc1Cl. The maximum absolute atomic E-state index is 12.5. The quantitative estimate of drug-likeness (QED) is 0.0226. The van der Waals surface area contributed by atoms with Gasteiger partial charge in [-0.1, -0.05) is 41.9 Å². The number of azo groups is 1. The lowest BCUT2D eigenvalue weighted by Gasteiger charge is -2.16. The molecule has 0 fully saturated rings. The van der Waals surface area contributed by atoms with Gasteiger partial charge in [0, 0.05) is 35.9 Å². The number of fused-ring (bicyclic) bond motifs is 2. The van der Waals surface area contributed by atoms with Gasteiger partial charge in [0.25, 0.3) is 30.4 Å². The van der Waals surface area contributed by atoms with Crippen molar-refractivity contribution in [1.29, 1.82) is 0 Å². The summed E-state index contributed by atoms with van der Waals surface area (Å²) in [6, 6.07) is 11.1. The number of benzene rings is 4. The fourth-order valence-corrected chi connectivity index (χ4v) is 7.35. The van der Waals surface area contributed by atoms with Crippen molar-refractivity contribution in [3.8, 4) is 5.75 Å². The second-order valence-corrected chi connectivity index (χ2v) is 16.5. The van der Waals surface area contributed by atoms with E-state index in [9.17, 15) is 44.0 Å². The first kappa shape index (κ1) is 47.2. The first-order valence-electron chi connectivity index (χ1n) is 16.2. The number of hydrogen-bond acceptors (Lipinski definition) is 17. The van der Waals surface area contributed by atoms with Crippen molar-refractivity contribution in [2.75, 3.05) is 30.6 Å². The first-order valence-corrected chi connectivity index (χ1v) is 22.0. The van der Waals surface area contributed by atoms with E-state index in [1.807, 2.05) is 6.92 Å². The molecule has 2 aromatic heterocycles. The van der Waals surface area contributed by atoms with Crippen molar-refractivity contribution >= 4 is 121 Å². The topological polar surface area (TPSA) is 313 Å². The third-order valence-electron chi connectivity index (χ3n) is 7.75. The van der Waals surface area contributed by atoms with Crippen molar-refractivity contribution in [3.63, 3.8) is 0 Å². The molecule has 0 aliphatic rings. The maximum Gasteiger partial charge on any atom is 0.297 e. The van der Waals surface area contributed by atoms with Crippen LogP contribution in [0, 0.1) is 6.57 Å². The van der Waals surface area contributed by atoms with Gasteiger partial charge in [0.2, 0.25) is 22.9 Å². The third-order valence-corrected chi connectivity index (χ3v) is 10.9. The lowest BCUT2D eigenvalue weighted by molar-refractivity contribution is 0.472. The van der Waals surface area contributed by atoms with Gasteiger partial charge in [-0.25, -0.2) is 9.83 Å². The molecule has 27 heteroatoms. The Morgan fingerprint density at radius 2 is 1.55 bits per heavy atom. The number of anilines is 3. The van der Waals surface area contributed by atoms with Crippen LogP contribution in [-0.4, -0.2) is 95.0 Å². The molecule has 0 amide bonds. The summed E-state index contributed by atoms with van der Waals surface area (Å²) in [6.07, 6.45) is 4.15. The second kappa shape index (κ2) is 19.7. The number of phenolic OH excluding ortho intramolecular Hbond substituents is 1. The van der Waals surface area contributed by atoms with Crippen molar-refractivity contribution in [2.45, 2.75) is 27.7 Å². The van der Waals surface area contributed by atoms with Crippen LogP contribution in [0.25, 0.3) is 26.4 Å². The predicted molar refractivity (Wildman–Crippen MR) is 223 cm³/mol. The molecule has 7 N–H and O–H groups in total. The second-order valence-electron chi connectivity index (χ2n) is 11.7. The highest BCUT2D eigenvalue weighted by atomic mass is 35.5. The number of aromatic hydroxyl groups is 1. The summed E-state index contributed by atoms with van der Waals surface area (Å²) in [5, 5.41) is 27.3. The van der Waals surface area contributed by atoms with E-state index in [2.05, 4.69) is 67.5 Å². The van der Waals surface area contributed by atoms with Gasteiger partial charge in [-0.3, -0.25) is 18.6 Å². The Bertz CT molecular complexity index is 3000. The van der Waals surface area contributed by atoms with Crippen LogP contribution < -0.4 is 16.0 Å². The minimum atomic E-state index is -5.25. The van der Waals surface area contributed by atoms with Crippen molar-refractivity contribution < 1.29 is 44.0 Å². The average molecular weight is 943 g/mol. The number of halogens is 3. The zero-order valence-corrected chi connectivity index (χ0v) is 35.5. The van der Waals surface area contributed by atoms with Crippen molar-refractivity contribution in [2.24, 2.45) is 10.2 Å². The van der Waals surface area contributed by atoms with Crippen LogP contribution in [0.15, 0.2) is 92.0 Å². The Labute approximate surface area is 357 Å². The molecular formula is C33H30Cl3N11O10S3. The minimum Gasteiger partial charge on any atom is -0.505 e. The summed E-state index contributed by atoms with van der Waals surface area (Å²) in [5.41, 5.74) is -1.42. The van der Waals surface area contributed by atoms with Gasteiger partial charge in [0.15, 0.2) is 5.75 Å². The number of nitrogens with one attached hydrogen (secondary N) is 3. The fraction of sp³-hybridized carbons (Fsp3) is 0.152. The van der Waals surface area contributed by atoms with E-state index in [-0.39, 0.29) is 50.2 Å². The highest BCUT2D eigenvalue weighted by molar-refractivity contribution is 7.86. The highest BCUT2D eigenvalue weighted by Gasteiger charge is 2.27. The summed E-state index contributed by atoms with van der Waals surface area (Å²) in [5.74, 6) is -1.30. The third kappa shape index (κ3) is 11.6. The lowest BCUT2D eigenvalue weighted by Crippen LogP contribution is -2.29. The van der Waals surface area contributed by atoms with Crippen molar-refractivity contribution in [3.05, 3.63) is 89.0 Å². The van der Waals surface area contributed by atoms with Crippen LogP contribution in [-0.2, 0) is 30.4 Å². The standard InChI is InChI=1S/C27H25ClN8O10S3.C5H2ClN3.CH3Cl/c1-13(29-2)12-30-26-32-25(28)33-27(34-26)31-19-11-16(47(38,39)40)9-15-10-20(48(41,42)43)22(23(37)21(15)19)36-35-18-8-7-14-5-3-4-6-17(14)24(18)49(44,45)46;1-7-4-2-8-3-9-5(4)6;1-2/h3-11,13,29,37H,12H2,1-2H3,(H,38,39,40)(H,41,42,43)(H,44,45,46)(H2,30,31,32,33,34);2-3H;1H3. The average Bonchev–Trinajstić information content (AvgIpc) is 3.19. The molecule has 60 heavy (non-hydrogen) atoms. The van der Waals surface area contributed by atoms with Crippen LogP contribution in [0.1, 0.15) is 6.92 Å². The summed E-state index contributed by atoms with van der Waals surface area (Å²) >= 11 is 16.2. The van der Waals surface area contributed by atoms with Gasteiger partial charge in [-0.2, -0.15) is 40.2 Å². The summed E-state index contributed by atoms with van der Waals surface area (Å²) in [6.45, 7) is 8.76.